The number of ether oxygens (including phenoxy) is 2. The van der Waals surface area contributed by atoms with Crippen molar-refractivity contribution in [2.45, 2.75) is 30.9 Å². The molecule has 3 atom stereocenters. The van der Waals surface area contributed by atoms with E-state index in [0.29, 0.717) is 41.3 Å². The largest absolute Gasteiger partial charge is 0.453 e. The lowest BCUT2D eigenvalue weighted by Gasteiger charge is -2.45. The highest BCUT2D eigenvalue weighted by atomic mass is 35.5. The minimum absolute atomic E-state index is 0.0854. The maximum atomic E-state index is 13.7. The molecule has 11 nitrogen and oxygen atoms in total. The number of rotatable bonds is 7. The van der Waals surface area contributed by atoms with Crippen LogP contribution in [-0.2, 0) is 30.7 Å². The van der Waals surface area contributed by atoms with Gasteiger partial charge in [-0.3, -0.25) is 24.4 Å². The van der Waals surface area contributed by atoms with E-state index in [-0.39, 0.29) is 30.2 Å². The number of carbonyl (C=O) groups excluding carboxylic acids is 4. The number of nitrogens with zero attached hydrogens (tertiary/aromatic N) is 1. The molecule has 1 fully saturated rings. The Morgan fingerprint density at radius 3 is 2.67 bits per heavy atom. The predicted octanol–water partition coefficient (Wildman–Crippen LogP) is 3.47. The first-order valence-corrected chi connectivity index (χ1v) is 14.4. The molecule has 13 heteroatoms. The van der Waals surface area contributed by atoms with E-state index in [1.807, 2.05) is 0 Å². The second-order valence-corrected chi connectivity index (χ2v) is 11.3. The summed E-state index contributed by atoms with van der Waals surface area (Å²) in [6, 6.07) is 10.2. The molecule has 0 saturated carbocycles. The summed E-state index contributed by atoms with van der Waals surface area (Å²) < 4.78 is 22.2. The number of amides is 4. The van der Waals surface area contributed by atoms with Crippen LogP contribution in [0.2, 0.25) is 5.02 Å². The summed E-state index contributed by atoms with van der Waals surface area (Å²) in [5, 5.41) is 8.41. The first kappa shape index (κ1) is 28.4. The maximum Gasteiger partial charge on any atom is 0.412 e. The summed E-state index contributed by atoms with van der Waals surface area (Å²) in [6.07, 6.45) is 1.48. The zero-order chi connectivity index (χ0) is 28.2. The van der Waals surface area contributed by atoms with E-state index in [1.165, 1.54) is 37.6 Å². The number of methoxy groups -OCH3 is 1. The van der Waals surface area contributed by atoms with Crippen LogP contribution in [0.5, 0.6) is 0 Å². The summed E-state index contributed by atoms with van der Waals surface area (Å²) in [4.78, 5) is 52.1. The van der Waals surface area contributed by atoms with Gasteiger partial charge in [0.15, 0.2) is 5.60 Å². The second kappa shape index (κ2) is 12.0. The fourth-order valence-electron chi connectivity index (χ4n) is 4.76. The topological polar surface area (TPSA) is 143 Å². The molecule has 0 radical (unpaired) electrons. The van der Waals surface area contributed by atoms with Gasteiger partial charge in [-0.25, -0.2) is 9.59 Å². The van der Waals surface area contributed by atoms with Crippen LogP contribution in [0.15, 0.2) is 42.5 Å². The molecule has 0 aromatic heterocycles. The molecule has 4 amide bonds. The van der Waals surface area contributed by atoms with Crippen LogP contribution in [0.1, 0.15) is 35.2 Å². The van der Waals surface area contributed by atoms with Crippen molar-refractivity contribution in [2.24, 2.45) is 0 Å². The summed E-state index contributed by atoms with van der Waals surface area (Å²) >= 11 is 6.24. The molecule has 1 saturated heterocycles. The molecule has 2 aliphatic heterocycles. The molecule has 1 spiro atoms. The molecule has 2 aliphatic rings. The fraction of sp³-hybridized carbons (Fsp3) is 0.385. The summed E-state index contributed by atoms with van der Waals surface area (Å²) in [6.45, 7) is 0.485. The van der Waals surface area contributed by atoms with Crippen LogP contribution in [-0.4, -0.2) is 71.4 Å². The smallest absolute Gasteiger partial charge is 0.412 e. The molecular weight excluding hydrogens is 548 g/mol. The van der Waals surface area contributed by atoms with Gasteiger partial charge in [0.2, 0.25) is 5.91 Å². The molecular formula is C26H29ClN4O7S. The average Bonchev–Trinajstić information content (AvgIpc) is 2.91. The highest BCUT2D eigenvalue weighted by Gasteiger charge is 2.47. The molecule has 3 N–H and O–H groups in total. The molecule has 2 aromatic carbocycles. The Kier molecular flexibility index (Phi) is 8.76. The van der Waals surface area contributed by atoms with Gasteiger partial charge in [-0.2, -0.15) is 0 Å². The quantitative estimate of drug-likeness (QED) is 0.458. The normalized spacial score (nSPS) is 19.7. The Balaban J connectivity index is 1.53. The van der Waals surface area contributed by atoms with Crippen LogP contribution in [0.25, 0.3) is 0 Å². The average molecular weight is 577 g/mol. The Hall–Kier alpha value is -3.64. The number of nitrogens with one attached hydrogen (secondary N) is 3. The van der Waals surface area contributed by atoms with Crippen molar-refractivity contribution in [2.75, 3.05) is 42.8 Å². The molecule has 208 valence electrons. The summed E-state index contributed by atoms with van der Waals surface area (Å²) in [5.41, 5.74) is 0.875. The number of fused-ring (bicyclic) bond motifs is 2. The lowest BCUT2D eigenvalue weighted by molar-refractivity contribution is -0.141. The lowest BCUT2D eigenvalue weighted by atomic mass is 9.83. The van der Waals surface area contributed by atoms with Gasteiger partial charge in [-0.15, -0.1) is 0 Å². The van der Waals surface area contributed by atoms with Gasteiger partial charge in [0, 0.05) is 51.2 Å². The maximum absolute atomic E-state index is 13.7. The van der Waals surface area contributed by atoms with Gasteiger partial charge in [-0.05, 0) is 61.7 Å². The van der Waals surface area contributed by atoms with Crippen molar-refractivity contribution >= 4 is 57.8 Å². The number of piperidine rings is 1. The Morgan fingerprint density at radius 2 is 1.97 bits per heavy atom. The monoisotopic (exact) mass is 576 g/mol. The zero-order valence-electron chi connectivity index (χ0n) is 21.5. The van der Waals surface area contributed by atoms with E-state index in [4.69, 9.17) is 16.3 Å². The number of hydrogen-bond acceptors (Lipinski definition) is 7. The molecule has 1 unspecified atom stereocenters. The third-order valence-electron chi connectivity index (χ3n) is 6.64. The third-order valence-corrected chi connectivity index (χ3v) is 7.69. The minimum Gasteiger partial charge on any atom is -0.453 e. The number of likely N-dealkylation sites (tertiary alicyclic amines) is 1. The SMILES string of the molecule is COC(=O)Nc1ccc(C(=O)N[C@@H](CCS(C)=O)C(=O)N2CCC[C@@]3(C2)OC(=O)Nc2ccc(Cl)cc23)cc1. The number of hydrogen-bond donors (Lipinski definition) is 3. The van der Waals surface area contributed by atoms with Gasteiger partial charge < -0.3 is 19.7 Å². The fourth-order valence-corrected chi connectivity index (χ4v) is 5.50. The summed E-state index contributed by atoms with van der Waals surface area (Å²) in [5.74, 6) is -0.665. The first-order chi connectivity index (χ1) is 18.6. The number of halogens is 1. The van der Waals surface area contributed by atoms with E-state index >= 15 is 0 Å². The molecule has 2 aromatic rings. The lowest BCUT2D eigenvalue weighted by Crippen LogP contribution is -2.57. The molecule has 39 heavy (non-hydrogen) atoms. The second-order valence-electron chi connectivity index (χ2n) is 9.35. The number of benzene rings is 2. The van der Waals surface area contributed by atoms with Crippen molar-refractivity contribution in [3.05, 3.63) is 58.6 Å². The van der Waals surface area contributed by atoms with Crippen molar-refractivity contribution in [1.29, 1.82) is 0 Å². The van der Waals surface area contributed by atoms with Crippen LogP contribution >= 0.6 is 11.6 Å². The Bertz CT molecular complexity index is 1310. The summed E-state index contributed by atoms with van der Waals surface area (Å²) in [7, 11) is 0.0498. The van der Waals surface area contributed by atoms with Crippen molar-refractivity contribution in [3.8, 4) is 0 Å². The highest BCUT2D eigenvalue weighted by Crippen LogP contribution is 2.43. The Labute approximate surface area is 233 Å². The van der Waals surface area contributed by atoms with Crippen LogP contribution in [0.4, 0.5) is 21.0 Å². The number of carbonyl (C=O) groups is 4. The molecule has 0 bridgehead atoms. The van der Waals surface area contributed by atoms with Crippen molar-refractivity contribution < 1.29 is 32.9 Å². The van der Waals surface area contributed by atoms with Gasteiger partial charge in [0.05, 0.1) is 19.3 Å². The van der Waals surface area contributed by atoms with E-state index in [1.54, 1.807) is 23.1 Å². The zero-order valence-corrected chi connectivity index (χ0v) is 23.0. The minimum atomic E-state index is -1.19. The Morgan fingerprint density at radius 1 is 1.23 bits per heavy atom. The van der Waals surface area contributed by atoms with E-state index < -0.39 is 40.5 Å². The van der Waals surface area contributed by atoms with Gasteiger partial charge >= 0.3 is 12.2 Å². The van der Waals surface area contributed by atoms with E-state index in [0.717, 1.165) is 0 Å². The predicted molar refractivity (Wildman–Crippen MR) is 146 cm³/mol. The van der Waals surface area contributed by atoms with Crippen LogP contribution in [0.3, 0.4) is 0 Å². The van der Waals surface area contributed by atoms with Crippen LogP contribution in [0, 0.1) is 0 Å². The van der Waals surface area contributed by atoms with Crippen LogP contribution < -0.4 is 16.0 Å². The van der Waals surface area contributed by atoms with Crippen molar-refractivity contribution in [3.63, 3.8) is 0 Å². The van der Waals surface area contributed by atoms with E-state index in [2.05, 4.69) is 20.7 Å². The standard InChI is InChI=1S/C26H29ClN4O7S/c1-37-24(34)28-18-7-4-16(5-8-18)22(32)29-21(10-13-39(2)36)23(33)31-12-3-11-26(15-31)19-14-17(27)6-9-20(19)30-25(35)38-26/h4-9,14,21H,3,10-13,15H2,1-2H3,(H,28,34)(H,29,32)(H,30,35)/t21-,26-,39?/m0/s1. The van der Waals surface area contributed by atoms with Gasteiger partial charge in [0.25, 0.3) is 5.91 Å². The molecule has 4 rings (SSSR count). The van der Waals surface area contributed by atoms with Crippen molar-refractivity contribution in [1.82, 2.24) is 10.2 Å². The highest BCUT2D eigenvalue weighted by molar-refractivity contribution is 7.84. The third kappa shape index (κ3) is 6.69. The number of anilines is 2. The molecule has 2 heterocycles. The van der Waals surface area contributed by atoms with Gasteiger partial charge in [0.1, 0.15) is 6.04 Å². The van der Waals surface area contributed by atoms with Gasteiger partial charge in [-0.1, -0.05) is 11.6 Å². The van der Waals surface area contributed by atoms with E-state index in [9.17, 15) is 23.4 Å². The first-order valence-electron chi connectivity index (χ1n) is 12.2. The molecule has 0 aliphatic carbocycles.